The van der Waals surface area contributed by atoms with Crippen LogP contribution in [0.3, 0.4) is 0 Å². The molecule has 9 heteroatoms. The lowest BCUT2D eigenvalue weighted by molar-refractivity contribution is -0.163. The van der Waals surface area contributed by atoms with E-state index in [9.17, 15) is 9.59 Å². The summed E-state index contributed by atoms with van der Waals surface area (Å²) in [5, 5.41) is 3.42. The molecule has 258 valence electrons. The lowest BCUT2D eigenvalue weighted by atomic mass is 10.1. The van der Waals surface area contributed by atoms with Crippen LogP contribution < -0.4 is 0 Å². The monoisotopic (exact) mass is 626 g/mol. The highest BCUT2D eigenvalue weighted by Crippen LogP contribution is 2.14. The van der Waals surface area contributed by atoms with Gasteiger partial charge in [-0.3, -0.25) is 9.59 Å². The van der Waals surface area contributed by atoms with E-state index in [2.05, 4.69) is 23.9 Å². The zero-order valence-electron chi connectivity index (χ0n) is 28.6. The zero-order chi connectivity index (χ0) is 32.2. The smallest absolute Gasteiger partial charge is 0.306 e. The second-order valence-electron chi connectivity index (χ2n) is 12.0. The van der Waals surface area contributed by atoms with E-state index in [1.807, 2.05) is 0 Å². The molecular formula is C35H67N3O6. The predicted octanol–water partition coefficient (Wildman–Crippen LogP) is 10.2. The predicted molar refractivity (Wildman–Crippen MR) is 179 cm³/mol. The molecule has 0 radical (unpaired) electrons. The highest BCUT2D eigenvalue weighted by Gasteiger charge is 2.17. The van der Waals surface area contributed by atoms with Gasteiger partial charge in [-0.05, 0) is 18.4 Å². The Morgan fingerprint density at radius 2 is 1.00 bits per heavy atom. The van der Waals surface area contributed by atoms with Gasteiger partial charge >= 0.3 is 11.9 Å². The molecule has 0 aromatic rings. The third kappa shape index (κ3) is 33.1. The largest absolute Gasteiger partial charge is 0.462 e. The van der Waals surface area contributed by atoms with Gasteiger partial charge in [-0.25, -0.2) is 0 Å². The number of nitrogens with zero attached hydrogens (tertiary/aromatic N) is 3. The SMILES string of the molecule is CCCCCCCCCCCCCC(=O)OCC(COCCOCCN=[N+]=[N-])OC(=O)CCCCCCCCCCCCC. The number of hydrogen-bond acceptors (Lipinski definition) is 7. The fourth-order valence-corrected chi connectivity index (χ4v) is 5.07. The van der Waals surface area contributed by atoms with Gasteiger partial charge in [0.25, 0.3) is 0 Å². The van der Waals surface area contributed by atoms with Crippen LogP contribution in [0.2, 0.25) is 0 Å². The van der Waals surface area contributed by atoms with Crippen LogP contribution in [0.1, 0.15) is 168 Å². The standard InChI is InChI=1S/C35H67N3O6/c1-3-5-7-9-11-13-15-17-19-21-23-25-34(39)43-32-33(31-42-30-29-41-28-27-37-38-36)44-35(40)26-24-22-20-18-16-14-12-10-8-6-4-2/h33H,3-32H2,1-2H3. The quantitative estimate of drug-likeness (QED) is 0.0227. The molecule has 0 amide bonds. The van der Waals surface area contributed by atoms with Crippen molar-refractivity contribution in [3.05, 3.63) is 10.4 Å². The maximum absolute atomic E-state index is 12.5. The van der Waals surface area contributed by atoms with Crippen LogP contribution in [0.15, 0.2) is 5.11 Å². The van der Waals surface area contributed by atoms with E-state index >= 15 is 0 Å². The van der Waals surface area contributed by atoms with Crippen molar-refractivity contribution in [1.29, 1.82) is 0 Å². The summed E-state index contributed by atoms with van der Waals surface area (Å²) < 4.78 is 22.0. The molecule has 0 spiro atoms. The van der Waals surface area contributed by atoms with Gasteiger partial charge in [-0.1, -0.05) is 147 Å². The van der Waals surface area contributed by atoms with Crippen molar-refractivity contribution in [1.82, 2.24) is 0 Å². The first kappa shape index (κ1) is 42.2. The second-order valence-corrected chi connectivity index (χ2v) is 12.0. The van der Waals surface area contributed by atoms with Gasteiger partial charge in [0.05, 0.1) is 26.4 Å². The first-order chi connectivity index (χ1) is 21.6. The fourth-order valence-electron chi connectivity index (χ4n) is 5.07. The van der Waals surface area contributed by atoms with Crippen LogP contribution >= 0.6 is 0 Å². The first-order valence-electron chi connectivity index (χ1n) is 18.1. The number of rotatable bonds is 35. The van der Waals surface area contributed by atoms with Gasteiger partial charge in [0, 0.05) is 24.3 Å². The second kappa shape index (κ2) is 35.6. The summed E-state index contributed by atoms with van der Waals surface area (Å²) in [5.74, 6) is -0.532. The summed E-state index contributed by atoms with van der Waals surface area (Å²) in [6, 6.07) is 0. The number of unbranched alkanes of at least 4 members (excludes halogenated alkanes) is 20. The summed E-state index contributed by atoms with van der Waals surface area (Å²) >= 11 is 0. The Kier molecular flexibility index (Phi) is 34.2. The van der Waals surface area contributed by atoms with Gasteiger partial charge in [0.2, 0.25) is 0 Å². The zero-order valence-corrected chi connectivity index (χ0v) is 28.6. The average molecular weight is 626 g/mol. The van der Waals surface area contributed by atoms with Gasteiger partial charge in [-0.2, -0.15) is 0 Å². The van der Waals surface area contributed by atoms with Crippen molar-refractivity contribution in [3.8, 4) is 0 Å². The van der Waals surface area contributed by atoms with Crippen LogP contribution in [-0.2, 0) is 28.5 Å². The number of ether oxygens (including phenoxy) is 4. The molecule has 0 aromatic carbocycles. The fraction of sp³-hybridized carbons (Fsp3) is 0.943. The minimum absolute atomic E-state index is 0.00139. The Morgan fingerprint density at radius 3 is 1.48 bits per heavy atom. The molecule has 1 atom stereocenters. The Labute approximate surface area is 269 Å². The van der Waals surface area contributed by atoms with Gasteiger partial charge in [0.15, 0.2) is 6.10 Å². The highest BCUT2D eigenvalue weighted by atomic mass is 16.6. The number of azide groups is 1. The van der Waals surface area contributed by atoms with E-state index < -0.39 is 6.10 Å². The number of carbonyl (C=O) groups is 2. The lowest BCUT2D eigenvalue weighted by Gasteiger charge is -2.18. The van der Waals surface area contributed by atoms with E-state index in [0.29, 0.717) is 32.7 Å². The molecule has 0 saturated carbocycles. The minimum Gasteiger partial charge on any atom is -0.462 e. The average Bonchev–Trinajstić information content (AvgIpc) is 3.02. The molecule has 0 bridgehead atoms. The van der Waals surface area contributed by atoms with E-state index in [1.165, 1.54) is 103 Å². The van der Waals surface area contributed by atoms with Gasteiger partial charge < -0.3 is 18.9 Å². The molecule has 44 heavy (non-hydrogen) atoms. The van der Waals surface area contributed by atoms with Crippen LogP contribution in [0.5, 0.6) is 0 Å². The maximum atomic E-state index is 12.5. The lowest BCUT2D eigenvalue weighted by Crippen LogP contribution is -2.30. The van der Waals surface area contributed by atoms with Crippen LogP contribution in [0.25, 0.3) is 10.4 Å². The third-order valence-electron chi connectivity index (χ3n) is 7.77. The van der Waals surface area contributed by atoms with Crippen LogP contribution in [-0.4, -0.2) is 57.6 Å². The molecule has 0 aromatic heterocycles. The first-order valence-corrected chi connectivity index (χ1v) is 18.1. The summed E-state index contributed by atoms with van der Waals surface area (Å²) in [6.45, 7) is 5.85. The number of esters is 2. The third-order valence-corrected chi connectivity index (χ3v) is 7.77. The van der Waals surface area contributed by atoms with E-state index in [0.717, 1.165) is 38.5 Å². The Balaban J connectivity index is 4.15. The molecule has 1 unspecified atom stereocenters. The molecule has 0 aliphatic heterocycles. The van der Waals surface area contributed by atoms with Crippen LogP contribution in [0.4, 0.5) is 0 Å². The van der Waals surface area contributed by atoms with E-state index in [4.69, 9.17) is 24.5 Å². The van der Waals surface area contributed by atoms with Crippen molar-refractivity contribution < 1.29 is 28.5 Å². The van der Waals surface area contributed by atoms with Gasteiger partial charge in [-0.15, -0.1) is 0 Å². The summed E-state index contributed by atoms with van der Waals surface area (Å²) in [5.41, 5.74) is 8.30. The Bertz CT molecular complexity index is 687. The molecule has 0 heterocycles. The molecule has 0 rings (SSSR count). The highest BCUT2D eigenvalue weighted by molar-refractivity contribution is 5.70. The Morgan fingerprint density at radius 1 is 0.568 bits per heavy atom. The number of hydrogen-bond donors (Lipinski definition) is 0. The van der Waals surface area contributed by atoms with Crippen molar-refractivity contribution in [2.75, 3.05) is 39.6 Å². The van der Waals surface area contributed by atoms with Crippen molar-refractivity contribution in [2.45, 2.75) is 174 Å². The van der Waals surface area contributed by atoms with Crippen molar-refractivity contribution in [2.24, 2.45) is 5.11 Å². The van der Waals surface area contributed by atoms with Crippen molar-refractivity contribution in [3.63, 3.8) is 0 Å². The summed E-state index contributed by atoms with van der Waals surface area (Å²) in [4.78, 5) is 27.5. The molecule has 0 N–H and O–H groups in total. The summed E-state index contributed by atoms with van der Waals surface area (Å²) in [7, 11) is 0. The molecular weight excluding hydrogens is 558 g/mol. The van der Waals surface area contributed by atoms with E-state index in [-0.39, 0.29) is 31.7 Å². The normalized spacial score (nSPS) is 11.7. The minimum atomic E-state index is -0.639. The number of carbonyl (C=O) groups excluding carboxylic acids is 2. The van der Waals surface area contributed by atoms with Gasteiger partial charge in [0.1, 0.15) is 6.61 Å². The van der Waals surface area contributed by atoms with Crippen molar-refractivity contribution >= 4 is 11.9 Å². The Hall–Kier alpha value is -1.83. The molecule has 9 nitrogen and oxygen atoms in total. The molecule has 0 fully saturated rings. The molecule has 0 saturated heterocycles. The maximum Gasteiger partial charge on any atom is 0.306 e. The van der Waals surface area contributed by atoms with E-state index in [1.54, 1.807) is 0 Å². The van der Waals surface area contributed by atoms with Crippen LogP contribution in [0, 0.1) is 0 Å². The molecule has 0 aliphatic rings. The topological polar surface area (TPSA) is 120 Å². The molecule has 0 aliphatic carbocycles. The summed E-state index contributed by atoms with van der Waals surface area (Å²) in [6.07, 6.45) is 27.1.